The highest BCUT2D eigenvalue weighted by Gasteiger charge is 2.34. The smallest absolute Gasteiger partial charge is 0.398 e. The molecule has 0 saturated carbocycles. The molecule has 2 N–H and O–H groups in total. The highest BCUT2D eigenvalue weighted by molar-refractivity contribution is 6.36. The van der Waals surface area contributed by atoms with E-state index in [0.717, 1.165) is 22.5 Å². The lowest BCUT2D eigenvalue weighted by Crippen LogP contribution is -2.08. The number of para-hydroxylation sites is 1. The van der Waals surface area contributed by atoms with Gasteiger partial charge >= 0.3 is 6.18 Å². The number of nitrogens with zero attached hydrogens (tertiary/aromatic N) is 2. The van der Waals surface area contributed by atoms with Crippen LogP contribution in [0.15, 0.2) is 36.4 Å². The summed E-state index contributed by atoms with van der Waals surface area (Å²) < 4.78 is 40.2. The molecule has 0 spiro atoms. The number of fused-ring (bicyclic) bond motifs is 3. The molecule has 2 aromatic heterocycles. The third-order valence-corrected chi connectivity index (χ3v) is 4.54. The van der Waals surface area contributed by atoms with Crippen molar-refractivity contribution in [1.82, 2.24) is 9.97 Å². The second kappa shape index (κ2) is 5.20. The van der Waals surface area contributed by atoms with Crippen LogP contribution in [-0.2, 0) is 6.18 Å². The van der Waals surface area contributed by atoms with Crippen LogP contribution in [0.25, 0.3) is 32.8 Å². The summed E-state index contributed by atoms with van der Waals surface area (Å²) in [5.74, 6) is 0. The zero-order chi connectivity index (χ0) is 17.9. The second-order valence-corrected chi connectivity index (χ2v) is 6.26. The Kier molecular flexibility index (Phi) is 3.30. The summed E-state index contributed by atoms with van der Waals surface area (Å²) in [5.41, 5.74) is 7.17. The summed E-state index contributed by atoms with van der Waals surface area (Å²) >= 11 is 6.09. The number of alkyl halides is 3. The van der Waals surface area contributed by atoms with Gasteiger partial charge < -0.3 is 5.73 Å². The average Bonchev–Trinajstić information content (AvgIpc) is 2.54. The van der Waals surface area contributed by atoms with Gasteiger partial charge in [-0.25, -0.2) is 9.97 Å². The first-order valence-corrected chi connectivity index (χ1v) is 7.80. The van der Waals surface area contributed by atoms with Gasteiger partial charge in [0, 0.05) is 16.2 Å². The van der Waals surface area contributed by atoms with Crippen LogP contribution in [0, 0.1) is 6.92 Å². The maximum absolute atomic E-state index is 13.4. The maximum atomic E-state index is 13.4. The van der Waals surface area contributed by atoms with E-state index in [1.807, 2.05) is 25.1 Å². The third kappa shape index (κ3) is 2.36. The first kappa shape index (κ1) is 15.9. The second-order valence-electron chi connectivity index (χ2n) is 5.85. The molecule has 0 radical (unpaired) electrons. The molecule has 0 fully saturated rings. The van der Waals surface area contributed by atoms with E-state index in [9.17, 15) is 13.2 Å². The number of hydrogen-bond acceptors (Lipinski definition) is 3. The molecule has 2 heterocycles. The van der Waals surface area contributed by atoms with Gasteiger partial charge in [-0.05, 0) is 30.7 Å². The Morgan fingerprint density at radius 3 is 2.48 bits per heavy atom. The van der Waals surface area contributed by atoms with Crippen LogP contribution >= 0.6 is 11.6 Å². The van der Waals surface area contributed by atoms with Crippen molar-refractivity contribution in [2.24, 2.45) is 0 Å². The minimum atomic E-state index is -4.56. The monoisotopic (exact) mass is 361 g/mol. The van der Waals surface area contributed by atoms with Crippen molar-refractivity contribution in [3.63, 3.8) is 0 Å². The molecule has 7 heteroatoms. The molecule has 0 unspecified atom stereocenters. The Balaban J connectivity index is 2.24. The number of nitrogen functional groups attached to an aromatic ring is 1. The highest BCUT2D eigenvalue weighted by atomic mass is 35.5. The molecule has 4 rings (SSSR count). The molecule has 2 aromatic carbocycles. The minimum absolute atomic E-state index is 0.00178. The molecule has 3 nitrogen and oxygen atoms in total. The van der Waals surface area contributed by atoms with Gasteiger partial charge in [0.05, 0.1) is 27.3 Å². The van der Waals surface area contributed by atoms with Gasteiger partial charge in [0.1, 0.15) is 0 Å². The van der Waals surface area contributed by atoms with E-state index >= 15 is 0 Å². The predicted octanol–water partition coefficient (Wildman–Crippen LogP) is 5.50. The summed E-state index contributed by atoms with van der Waals surface area (Å²) in [6.07, 6.45) is -4.56. The van der Waals surface area contributed by atoms with Crippen molar-refractivity contribution < 1.29 is 13.2 Å². The van der Waals surface area contributed by atoms with Gasteiger partial charge in [0.15, 0.2) is 5.65 Å². The Bertz CT molecular complexity index is 1170. The molecule has 0 aliphatic carbocycles. The van der Waals surface area contributed by atoms with Crippen molar-refractivity contribution in [3.05, 3.63) is 52.5 Å². The van der Waals surface area contributed by atoms with Crippen LogP contribution in [0.4, 0.5) is 18.9 Å². The molecule has 0 aliphatic heterocycles. The molecular formula is C18H11ClF3N3. The van der Waals surface area contributed by atoms with Crippen LogP contribution in [-0.4, -0.2) is 9.97 Å². The summed E-state index contributed by atoms with van der Waals surface area (Å²) in [4.78, 5) is 8.77. The molecule has 25 heavy (non-hydrogen) atoms. The van der Waals surface area contributed by atoms with Gasteiger partial charge in [-0.15, -0.1) is 0 Å². The number of aromatic nitrogens is 2. The fraction of sp³-hybridized carbons (Fsp3) is 0.111. The van der Waals surface area contributed by atoms with Gasteiger partial charge in [0.2, 0.25) is 0 Å². The maximum Gasteiger partial charge on any atom is 0.417 e. The molecule has 4 aromatic rings. The first-order chi connectivity index (χ1) is 11.8. The van der Waals surface area contributed by atoms with E-state index in [1.165, 1.54) is 6.07 Å². The highest BCUT2D eigenvalue weighted by Crippen LogP contribution is 2.41. The number of rotatable bonds is 0. The summed E-state index contributed by atoms with van der Waals surface area (Å²) in [6.45, 7) is 1.90. The molecule has 0 amide bonds. The van der Waals surface area contributed by atoms with Crippen molar-refractivity contribution in [2.45, 2.75) is 13.1 Å². The molecule has 0 saturated heterocycles. The topological polar surface area (TPSA) is 51.8 Å². The van der Waals surface area contributed by atoms with Crippen LogP contribution < -0.4 is 5.73 Å². The van der Waals surface area contributed by atoms with E-state index in [1.54, 1.807) is 6.07 Å². The zero-order valence-corrected chi connectivity index (χ0v) is 13.7. The Hall–Kier alpha value is -2.60. The zero-order valence-electron chi connectivity index (χ0n) is 12.9. The quantitative estimate of drug-likeness (QED) is 0.421. The van der Waals surface area contributed by atoms with E-state index in [0.29, 0.717) is 5.39 Å². The lowest BCUT2D eigenvalue weighted by Gasteiger charge is -2.15. The normalized spacial score (nSPS) is 12.4. The third-order valence-electron chi connectivity index (χ3n) is 4.24. The lowest BCUT2D eigenvalue weighted by atomic mass is 10.0. The van der Waals surface area contributed by atoms with E-state index in [4.69, 9.17) is 17.3 Å². The van der Waals surface area contributed by atoms with Gasteiger partial charge in [-0.1, -0.05) is 29.8 Å². The molecule has 126 valence electrons. The van der Waals surface area contributed by atoms with Crippen LogP contribution in [0.3, 0.4) is 0 Å². The average molecular weight is 362 g/mol. The van der Waals surface area contributed by atoms with E-state index in [-0.39, 0.29) is 27.3 Å². The number of aryl methyl sites for hydroxylation is 1. The van der Waals surface area contributed by atoms with Gasteiger partial charge in [-0.3, -0.25) is 0 Å². The van der Waals surface area contributed by atoms with Crippen molar-refractivity contribution >= 4 is 50.1 Å². The fourth-order valence-corrected chi connectivity index (χ4v) is 3.24. The summed E-state index contributed by atoms with van der Waals surface area (Å²) in [5, 5.41) is 1.07. The summed E-state index contributed by atoms with van der Waals surface area (Å²) in [7, 11) is 0. The molecule has 0 aliphatic rings. The van der Waals surface area contributed by atoms with Gasteiger partial charge in [0.25, 0.3) is 0 Å². The van der Waals surface area contributed by atoms with E-state index in [2.05, 4.69) is 9.97 Å². The first-order valence-electron chi connectivity index (χ1n) is 7.42. The van der Waals surface area contributed by atoms with Crippen molar-refractivity contribution in [2.75, 3.05) is 5.73 Å². The van der Waals surface area contributed by atoms with Crippen LogP contribution in [0.2, 0.25) is 5.02 Å². The standard InChI is InChI=1S/C18H11ClF3N3/c1-8-3-2-4-9-7-10-14(23)13-11(18(20,21)22)5-6-12(19)16(13)25-17(10)24-15(8)9/h2-7H,1H3,(H2,23,24,25). The van der Waals surface area contributed by atoms with E-state index < -0.39 is 11.7 Å². The number of halogens is 4. The number of anilines is 1. The largest absolute Gasteiger partial charge is 0.417 e. The van der Waals surface area contributed by atoms with Crippen LogP contribution in [0.5, 0.6) is 0 Å². The molecule has 0 bridgehead atoms. The number of nitrogens with two attached hydrogens (primary N) is 1. The number of hydrogen-bond donors (Lipinski definition) is 1. The number of benzene rings is 2. The Morgan fingerprint density at radius 1 is 1.04 bits per heavy atom. The lowest BCUT2D eigenvalue weighted by molar-refractivity contribution is -0.136. The molecular weight excluding hydrogens is 351 g/mol. The Morgan fingerprint density at radius 2 is 1.76 bits per heavy atom. The minimum Gasteiger partial charge on any atom is -0.398 e. The van der Waals surface area contributed by atoms with Crippen LogP contribution in [0.1, 0.15) is 11.1 Å². The SMILES string of the molecule is Cc1cccc2cc3c(N)c4c(C(F)(F)F)ccc(Cl)c4nc3nc12. The molecule has 0 atom stereocenters. The van der Waals surface area contributed by atoms with Crippen molar-refractivity contribution in [1.29, 1.82) is 0 Å². The summed E-state index contributed by atoms with van der Waals surface area (Å²) in [6, 6.07) is 9.41. The van der Waals surface area contributed by atoms with Gasteiger partial charge in [-0.2, -0.15) is 13.2 Å². The Labute approximate surface area is 145 Å². The predicted molar refractivity (Wildman–Crippen MR) is 93.7 cm³/mol. The number of pyridine rings is 2. The fourth-order valence-electron chi connectivity index (χ4n) is 3.04. The van der Waals surface area contributed by atoms with Crippen molar-refractivity contribution in [3.8, 4) is 0 Å².